The molecule has 3 rings (SSSR count). The summed E-state index contributed by atoms with van der Waals surface area (Å²) in [7, 11) is 3.53. The zero-order chi connectivity index (χ0) is 19.1. The summed E-state index contributed by atoms with van der Waals surface area (Å²) >= 11 is 1.88. The molecule has 1 aliphatic heterocycles. The minimum atomic E-state index is 0.208. The van der Waals surface area contributed by atoms with Gasteiger partial charge in [-0.1, -0.05) is 30.3 Å². The number of ether oxygens (including phenoxy) is 1. The van der Waals surface area contributed by atoms with E-state index in [0.717, 1.165) is 32.0 Å². The van der Waals surface area contributed by atoms with Gasteiger partial charge in [0.15, 0.2) is 5.96 Å². The van der Waals surface area contributed by atoms with Crippen LogP contribution in [0.15, 0.2) is 46.8 Å². The highest BCUT2D eigenvalue weighted by Gasteiger charge is 2.25. The average Bonchev–Trinajstić information content (AvgIpc) is 3.16. The van der Waals surface area contributed by atoms with Gasteiger partial charge in [-0.05, 0) is 35.9 Å². The fraction of sp³-hybridized carbons (Fsp3) is 0.476. The predicted molar refractivity (Wildman–Crippen MR) is 113 cm³/mol. The predicted octanol–water partition coefficient (Wildman–Crippen LogP) is 3.05. The number of rotatable bonds is 7. The second kappa shape index (κ2) is 9.88. The van der Waals surface area contributed by atoms with Gasteiger partial charge in [-0.25, -0.2) is 0 Å². The van der Waals surface area contributed by atoms with Crippen LogP contribution in [-0.4, -0.2) is 50.8 Å². The molecule has 0 amide bonds. The van der Waals surface area contributed by atoms with Gasteiger partial charge in [0.25, 0.3) is 0 Å². The third kappa shape index (κ3) is 5.31. The van der Waals surface area contributed by atoms with Gasteiger partial charge in [0, 0.05) is 44.7 Å². The van der Waals surface area contributed by atoms with Gasteiger partial charge in [-0.15, -0.1) is 11.3 Å². The van der Waals surface area contributed by atoms with Crippen LogP contribution in [0.1, 0.15) is 29.0 Å². The molecule has 2 N–H and O–H groups in total. The first kappa shape index (κ1) is 19.9. The first-order valence-electron chi connectivity index (χ1n) is 9.51. The van der Waals surface area contributed by atoms with Crippen molar-refractivity contribution in [1.82, 2.24) is 15.5 Å². The van der Waals surface area contributed by atoms with Crippen LogP contribution in [0.2, 0.25) is 0 Å². The van der Waals surface area contributed by atoms with Crippen LogP contribution in [0.3, 0.4) is 0 Å². The zero-order valence-corrected chi connectivity index (χ0v) is 17.3. The van der Waals surface area contributed by atoms with E-state index in [-0.39, 0.29) is 6.04 Å². The lowest BCUT2D eigenvalue weighted by Crippen LogP contribution is -2.47. The van der Waals surface area contributed by atoms with Gasteiger partial charge in [0.1, 0.15) is 0 Å². The summed E-state index contributed by atoms with van der Waals surface area (Å²) in [5, 5.41) is 9.12. The summed E-state index contributed by atoms with van der Waals surface area (Å²) in [6.45, 7) is 5.64. The molecule has 0 spiro atoms. The Labute approximate surface area is 166 Å². The minimum absolute atomic E-state index is 0.208. The van der Waals surface area contributed by atoms with Gasteiger partial charge in [-0.2, -0.15) is 0 Å². The van der Waals surface area contributed by atoms with Crippen molar-refractivity contribution in [3.63, 3.8) is 0 Å². The van der Waals surface area contributed by atoms with Crippen molar-refractivity contribution in [3.05, 3.63) is 57.8 Å². The summed E-state index contributed by atoms with van der Waals surface area (Å²) in [6.07, 6.45) is 1.13. The van der Waals surface area contributed by atoms with E-state index in [1.165, 1.54) is 16.0 Å². The Hall–Kier alpha value is -1.89. The van der Waals surface area contributed by atoms with E-state index in [9.17, 15) is 0 Å². The first-order chi connectivity index (χ1) is 13.2. The number of fused-ring (bicyclic) bond motifs is 1. The highest BCUT2D eigenvalue weighted by molar-refractivity contribution is 7.10. The zero-order valence-electron chi connectivity index (χ0n) is 16.4. The molecule has 0 saturated heterocycles. The number of benzene rings is 1. The molecule has 2 aromatic rings. The summed E-state index contributed by atoms with van der Waals surface area (Å²) in [5.74, 6) is 0.814. The van der Waals surface area contributed by atoms with Crippen molar-refractivity contribution >= 4 is 17.3 Å². The van der Waals surface area contributed by atoms with Gasteiger partial charge in [-0.3, -0.25) is 9.89 Å². The van der Waals surface area contributed by atoms with Crippen molar-refractivity contribution < 1.29 is 4.74 Å². The fourth-order valence-corrected chi connectivity index (χ4v) is 4.47. The second-order valence-corrected chi connectivity index (χ2v) is 7.97. The van der Waals surface area contributed by atoms with Crippen LogP contribution < -0.4 is 10.6 Å². The van der Waals surface area contributed by atoms with Gasteiger partial charge in [0.2, 0.25) is 0 Å². The molecule has 2 atom stereocenters. The Morgan fingerprint density at radius 3 is 2.85 bits per heavy atom. The van der Waals surface area contributed by atoms with Crippen molar-refractivity contribution in [1.29, 1.82) is 0 Å². The molecule has 5 nitrogen and oxygen atoms in total. The first-order valence-corrected chi connectivity index (χ1v) is 10.4. The lowest BCUT2D eigenvalue weighted by Gasteiger charge is -2.35. The van der Waals surface area contributed by atoms with E-state index in [4.69, 9.17) is 4.74 Å². The van der Waals surface area contributed by atoms with Gasteiger partial charge in [0.05, 0.1) is 12.6 Å². The molecule has 0 radical (unpaired) electrons. The van der Waals surface area contributed by atoms with E-state index in [1.54, 1.807) is 7.11 Å². The van der Waals surface area contributed by atoms with Crippen LogP contribution in [0.4, 0.5) is 0 Å². The maximum atomic E-state index is 5.21. The standard InChI is InChI=1S/C21H30N4OS/c1-16(15-26-3)24-21(22-2)23-13-19(17-7-5-4-6-8-17)25-11-9-20-18(14-25)10-12-27-20/h4-8,10,12,16,19H,9,11,13-15H2,1-3H3,(H2,22,23,24). The maximum Gasteiger partial charge on any atom is 0.191 e. The van der Waals surface area contributed by atoms with E-state index in [1.807, 2.05) is 18.4 Å². The Bertz CT molecular complexity index is 731. The highest BCUT2D eigenvalue weighted by Crippen LogP contribution is 2.30. The molecule has 1 aromatic heterocycles. The molecule has 0 aliphatic carbocycles. The number of hydrogen-bond acceptors (Lipinski definition) is 4. The molecule has 0 saturated carbocycles. The van der Waals surface area contributed by atoms with E-state index < -0.39 is 0 Å². The Balaban J connectivity index is 1.70. The average molecular weight is 387 g/mol. The quantitative estimate of drug-likeness (QED) is 0.567. The van der Waals surface area contributed by atoms with E-state index in [2.05, 4.69) is 69.2 Å². The highest BCUT2D eigenvalue weighted by atomic mass is 32.1. The molecular weight excluding hydrogens is 356 g/mol. The van der Waals surface area contributed by atoms with Crippen molar-refractivity contribution in [2.45, 2.75) is 32.0 Å². The molecule has 2 heterocycles. The molecule has 0 bridgehead atoms. The Kier molecular flexibility index (Phi) is 7.26. The molecule has 27 heavy (non-hydrogen) atoms. The molecule has 6 heteroatoms. The van der Waals surface area contributed by atoms with Gasteiger partial charge >= 0.3 is 0 Å². The topological polar surface area (TPSA) is 48.9 Å². The Morgan fingerprint density at radius 1 is 1.30 bits per heavy atom. The number of nitrogens with one attached hydrogen (secondary N) is 2. The number of aliphatic imine (C=N–C) groups is 1. The minimum Gasteiger partial charge on any atom is -0.383 e. The lowest BCUT2D eigenvalue weighted by atomic mass is 10.0. The summed E-state index contributed by atoms with van der Waals surface area (Å²) in [6, 6.07) is 13.5. The van der Waals surface area contributed by atoms with Crippen molar-refractivity contribution in [2.24, 2.45) is 4.99 Å². The van der Waals surface area contributed by atoms with Crippen LogP contribution >= 0.6 is 11.3 Å². The molecule has 146 valence electrons. The Morgan fingerprint density at radius 2 is 2.11 bits per heavy atom. The number of guanidine groups is 1. The number of methoxy groups -OCH3 is 1. The van der Waals surface area contributed by atoms with Crippen LogP contribution in [0.5, 0.6) is 0 Å². The van der Waals surface area contributed by atoms with Crippen LogP contribution in [0, 0.1) is 0 Å². The summed E-state index contributed by atoms with van der Waals surface area (Å²) in [5.41, 5.74) is 2.81. The molecule has 0 fully saturated rings. The maximum absolute atomic E-state index is 5.21. The molecule has 2 unspecified atom stereocenters. The largest absolute Gasteiger partial charge is 0.383 e. The van der Waals surface area contributed by atoms with Crippen LogP contribution in [-0.2, 0) is 17.7 Å². The summed E-state index contributed by atoms with van der Waals surface area (Å²) < 4.78 is 5.21. The number of hydrogen-bond donors (Lipinski definition) is 2. The SMILES string of the molecule is CN=C(NCC(c1ccccc1)N1CCc2sccc2C1)NC(C)COC. The molecular formula is C21H30N4OS. The number of nitrogens with zero attached hydrogens (tertiary/aromatic N) is 2. The van der Waals surface area contributed by atoms with Gasteiger partial charge < -0.3 is 15.4 Å². The molecule has 1 aliphatic rings. The molecule has 1 aromatic carbocycles. The smallest absolute Gasteiger partial charge is 0.191 e. The fourth-order valence-electron chi connectivity index (χ4n) is 3.58. The number of thiophene rings is 1. The van der Waals surface area contributed by atoms with Crippen molar-refractivity contribution in [3.8, 4) is 0 Å². The third-order valence-electron chi connectivity index (χ3n) is 4.95. The van der Waals surface area contributed by atoms with E-state index in [0.29, 0.717) is 12.6 Å². The van der Waals surface area contributed by atoms with E-state index >= 15 is 0 Å². The summed E-state index contributed by atoms with van der Waals surface area (Å²) in [4.78, 5) is 8.48. The normalized spacial score (nSPS) is 17.2. The van der Waals surface area contributed by atoms with Crippen molar-refractivity contribution in [2.75, 3.05) is 33.9 Å². The lowest BCUT2D eigenvalue weighted by molar-refractivity contribution is 0.176. The third-order valence-corrected chi connectivity index (χ3v) is 5.97. The van der Waals surface area contributed by atoms with Crippen LogP contribution in [0.25, 0.3) is 0 Å². The monoisotopic (exact) mass is 386 g/mol. The second-order valence-electron chi connectivity index (χ2n) is 6.97.